The summed E-state index contributed by atoms with van der Waals surface area (Å²) in [4.78, 5) is 25.0. The van der Waals surface area contributed by atoms with Crippen LogP contribution in [0.2, 0.25) is 0 Å². The Balaban J connectivity index is 2.30. The minimum Gasteiger partial charge on any atom is -0.481 e. The van der Waals surface area contributed by atoms with Gasteiger partial charge in [-0.15, -0.1) is 0 Å². The van der Waals surface area contributed by atoms with Crippen LogP contribution >= 0.6 is 11.8 Å². The molecule has 6 heteroatoms. The van der Waals surface area contributed by atoms with Gasteiger partial charge >= 0.3 is 12.0 Å². The summed E-state index contributed by atoms with van der Waals surface area (Å²) in [5.41, 5.74) is -0.630. The van der Waals surface area contributed by atoms with E-state index in [1.807, 2.05) is 18.7 Å². The predicted octanol–water partition coefficient (Wildman–Crippen LogP) is 2.42. The molecule has 0 aromatic heterocycles. The molecule has 0 spiro atoms. The van der Waals surface area contributed by atoms with Crippen LogP contribution in [-0.4, -0.2) is 53.6 Å². The highest BCUT2D eigenvalue weighted by molar-refractivity contribution is 7.98. The SMILES string of the molecule is CCC1(C(=O)O)CCN(C(=O)NCCCCSC)CC1. The van der Waals surface area contributed by atoms with Crippen LogP contribution in [0, 0.1) is 5.41 Å². The molecule has 116 valence electrons. The van der Waals surface area contributed by atoms with Gasteiger partial charge < -0.3 is 15.3 Å². The molecule has 20 heavy (non-hydrogen) atoms. The second kappa shape index (κ2) is 8.39. The lowest BCUT2D eigenvalue weighted by atomic mass is 9.76. The van der Waals surface area contributed by atoms with E-state index < -0.39 is 11.4 Å². The number of hydrogen-bond donors (Lipinski definition) is 2. The van der Waals surface area contributed by atoms with Crippen molar-refractivity contribution in [1.29, 1.82) is 0 Å². The Morgan fingerprint density at radius 2 is 1.95 bits per heavy atom. The molecule has 5 nitrogen and oxygen atoms in total. The van der Waals surface area contributed by atoms with Gasteiger partial charge in [0.05, 0.1) is 5.41 Å². The number of urea groups is 1. The molecule has 1 heterocycles. The van der Waals surface area contributed by atoms with E-state index in [2.05, 4.69) is 11.6 Å². The Morgan fingerprint density at radius 1 is 1.30 bits per heavy atom. The minimum atomic E-state index is -0.725. The number of carbonyl (C=O) groups excluding carboxylic acids is 1. The van der Waals surface area contributed by atoms with Crippen molar-refractivity contribution in [2.75, 3.05) is 31.6 Å². The highest BCUT2D eigenvalue weighted by Gasteiger charge is 2.40. The number of unbranched alkanes of at least 4 members (excludes halogenated alkanes) is 1. The molecule has 0 aliphatic carbocycles. The van der Waals surface area contributed by atoms with Crippen LogP contribution in [-0.2, 0) is 4.79 Å². The fraction of sp³-hybridized carbons (Fsp3) is 0.857. The number of likely N-dealkylation sites (tertiary alicyclic amines) is 1. The Kier molecular flexibility index (Phi) is 7.19. The molecule has 1 rings (SSSR count). The first-order valence-corrected chi connectivity index (χ1v) is 8.70. The van der Waals surface area contributed by atoms with E-state index in [0.29, 0.717) is 38.9 Å². The standard InChI is InChI=1S/C14H26N2O3S/c1-3-14(12(17)18)6-9-16(10-7-14)13(19)15-8-4-5-11-20-2/h3-11H2,1-2H3,(H,15,19)(H,17,18). The summed E-state index contributed by atoms with van der Waals surface area (Å²) in [6.45, 7) is 3.69. The zero-order chi connectivity index (χ0) is 15.0. The van der Waals surface area contributed by atoms with Gasteiger partial charge in [-0.05, 0) is 44.1 Å². The molecular weight excluding hydrogens is 276 g/mol. The maximum Gasteiger partial charge on any atom is 0.317 e. The Hall–Kier alpha value is -0.910. The normalized spacial score (nSPS) is 17.8. The maximum absolute atomic E-state index is 12.0. The van der Waals surface area contributed by atoms with Crippen molar-refractivity contribution >= 4 is 23.8 Å². The van der Waals surface area contributed by atoms with Crippen LogP contribution in [0.4, 0.5) is 4.79 Å². The van der Waals surface area contributed by atoms with Crippen LogP contribution in [0.5, 0.6) is 0 Å². The van der Waals surface area contributed by atoms with Crippen molar-refractivity contribution in [3.63, 3.8) is 0 Å². The van der Waals surface area contributed by atoms with Crippen LogP contribution in [0.1, 0.15) is 39.0 Å². The maximum atomic E-state index is 12.0. The number of carbonyl (C=O) groups is 2. The van der Waals surface area contributed by atoms with Gasteiger partial charge in [0, 0.05) is 19.6 Å². The smallest absolute Gasteiger partial charge is 0.317 e. The first kappa shape index (κ1) is 17.1. The molecule has 0 unspecified atom stereocenters. The van der Waals surface area contributed by atoms with Crippen molar-refractivity contribution in [3.05, 3.63) is 0 Å². The van der Waals surface area contributed by atoms with Gasteiger partial charge in [-0.25, -0.2) is 4.79 Å². The summed E-state index contributed by atoms with van der Waals surface area (Å²) >= 11 is 1.81. The zero-order valence-electron chi connectivity index (χ0n) is 12.5. The molecule has 0 atom stereocenters. The quantitative estimate of drug-likeness (QED) is 0.709. The summed E-state index contributed by atoms with van der Waals surface area (Å²) in [5, 5.41) is 12.2. The highest BCUT2D eigenvalue weighted by Crippen LogP contribution is 2.35. The lowest BCUT2D eigenvalue weighted by Gasteiger charge is -2.38. The molecule has 1 aliphatic rings. The van der Waals surface area contributed by atoms with Gasteiger partial charge in [0.2, 0.25) is 0 Å². The summed E-state index contributed by atoms with van der Waals surface area (Å²) in [5.74, 6) is 0.397. The van der Waals surface area contributed by atoms with E-state index >= 15 is 0 Å². The van der Waals surface area contributed by atoms with Crippen LogP contribution < -0.4 is 5.32 Å². The molecule has 0 radical (unpaired) electrons. The lowest BCUT2D eigenvalue weighted by Crippen LogP contribution is -2.49. The number of thioether (sulfide) groups is 1. The number of amides is 2. The van der Waals surface area contributed by atoms with Crippen LogP contribution in [0.25, 0.3) is 0 Å². The summed E-state index contributed by atoms with van der Waals surface area (Å²) in [6, 6.07) is -0.0516. The molecule has 1 fully saturated rings. The molecule has 1 aliphatic heterocycles. The molecule has 2 N–H and O–H groups in total. The average Bonchev–Trinajstić information content (AvgIpc) is 2.46. The first-order chi connectivity index (χ1) is 9.55. The van der Waals surface area contributed by atoms with E-state index in [9.17, 15) is 14.7 Å². The van der Waals surface area contributed by atoms with Gasteiger partial charge in [0.15, 0.2) is 0 Å². The average molecular weight is 302 g/mol. The van der Waals surface area contributed by atoms with E-state index in [4.69, 9.17) is 0 Å². The molecular formula is C14H26N2O3S. The van der Waals surface area contributed by atoms with Crippen molar-refractivity contribution < 1.29 is 14.7 Å². The third-order valence-corrected chi connectivity index (χ3v) is 4.89. The number of aliphatic carboxylic acids is 1. The van der Waals surface area contributed by atoms with Crippen LogP contribution in [0.3, 0.4) is 0 Å². The van der Waals surface area contributed by atoms with Gasteiger partial charge in [-0.2, -0.15) is 11.8 Å². The van der Waals surface area contributed by atoms with E-state index in [1.54, 1.807) is 4.90 Å². The minimum absolute atomic E-state index is 0.0516. The molecule has 0 aromatic carbocycles. The number of nitrogens with one attached hydrogen (secondary N) is 1. The number of carboxylic acids is 1. The largest absolute Gasteiger partial charge is 0.481 e. The number of piperidine rings is 1. The van der Waals surface area contributed by atoms with Crippen LogP contribution in [0.15, 0.2) is 0 Å². The fourth-order valence-electron chi connectivity index (χ4n) is 2.54. The Morgan fingerprint density at radius 3 is 2.45 bits per heavy atom. The molecule has 2 amide bonds. The zero-order valence-corrected chi connectivity index (χ0v) is 13.3. The fourth-order valence-corrected chi connectivity index (χ4v) is 3.03. The summed E-state index contributed by atoms with van der Waals surface area (Å²) in [6.07, 6.45) is 5.92. The van der Waals surface area contributed by atoms with Gasteiger partial charge in [-0.1, -0.05) is 6.92 Å². The topological polar surface area (TPSA) is 69.6 Å². The summed E-state index contributed by atoms with van der Waals surface area (Å²) < 4.78 is 0. The third kappa shape index (κ3) is 4.58. The predicted molar refractivity (Wildman–Crippen MR) is 82.2 cm³/mol. The second-order valence-corrected chi connectivity index (χ2v) is 6.34. The van der Waals surface area contributed by atoms with Crippen molar-refractivity contribution in [2.24, 2.45) is 5.41 Å². The first-order valence-electron chi connectivity index (χ1n) is 7.31. The second-order valence-electron chi connectivity index (χ2n) is 5.36. The number of rotatable bonds is 7. The van der Waals surface area contributed by atoms with Crippen molar-refractivity contribution in [2.45, 2.75) is 39.0 Å². The Bertz CT molecular complexity index is 328. The number of nitrogens with zero attached hydrogens (tertiary/aromatic N) is 1. The Labute approximate surface area is 125 Å². The third-order valence-electron chi connectivity index (χ3n) is 4.19. The highest BCUT2D eigenvalue weighted by atomic mass is 32.2. The van der Waals surface area contributed by atoms with Gasteiger partial charge in [0.25, 0.3) is 0 Å². The van der Waals surface area contributed by atoms with Gasteiger partial charge in [-0.3, -0.25) is 4.79 Å². The monoisotopic (exact) mass is 302 g/mol. The van der Waals surface area contributed by atoms with E-state index in [1.165, 1.54) is 0 Å². The van der Waals surface area contributed by atoms with Crippen molar-refractivity contribution in [3.8, 4) is 0 Å². The van der Waals surface area contributed by atoms with Crippen molar-refractivity contribution in [1.82, 2.24) is 10.2 Å². The molecule has 0 aromatic rings. The van der Waals surface area contributed by atoms with Gasteiger partial charge in [0.1, 0.15) is 0 Å². The lowest BCUT2D eigenvalue weighted by molar-refractivity contribution is -0.151. The van der Waals surface area contributed by atoms with E-state index in [-0.39, 0.29) is 6.03 Å². The number of hydrogen-bond acceptors (Lipinski definition) is 3. The molecule has 0 bridgehead atoms. The molecule has 1 saturated heterocycles. The number of carboxylic acid groups (broad SMARTS) is 1. The van der Waals surface area contributed by atoms with E-state index in [0.717, 1.165) is 18.6 Å². The summed E-state index contributed by atoms with van der Waals surface area (Å²) in [7, 11) is 0. The molecule has 0 saturated carbocycles.